The molecule has 1 saturated heterocycles. The molecule has 0 unspecified atom stereocenters. The summed E-state index contributed by atoms with van der Waals surface area (Å²) in [4.78, 5) is 0. The van der Waals surface area contributed by atoms with Crippen molar-refractivity contribution in [2.45, 2.75) is 50.6 Å². The first kappa shape index (κ1) is 16.5. The number of rotatable bonds is 4. The molecule has 4 rings (SSSR count). The van der Waals surface area contributed by atoms with E-state index in [9.17, 15) is 13.2 Å². The van der Waals surface area contributed by atoms with Crippen molar-refractivity contribution in [3.8, 4) is 5.75 Å². The quantitative estimate of drug-likeness (QED) is 0.902. The number of nitrogens with one attached hydrogen (secondary N) is 1. The van der Waals surface area contributed by atoms with Gasteiger partial charge >= 0.3 is 6.18 Å². The Kier molecular flexibility index (Phi) is 4.02. The van der Waals surface area contributed by atoms with E-state index in [1.807, 2.05) is 0 Å². The van der Waals surface area contributed by atoms with Crippen molar-refractivity contribution in [2.75, 3.05) is 13.3 Å². The lowest BCUT2D eigenvalue weighted by Gasteiger charge is -2.18. The van der Waals surface area contributed by atoms with Crippen LogP contribution in [0.4, 0.5) is 13.2 Å². The first-order chi connectivity index (χ1) is 11.9. The molecule has 2 fully saturated rings. The summed E-state index contributed by atoms with van der Waals surface area (Å²) in [5.74, 6) is 0.593. The van der Waals surface area contributed by atoms with E-state index in [1.54, 1.807) is 5.01 Å². The van der Waals surface area contributed by atoms with Gasteiger partial charge in [-0.15, -0.1) is 5.10 Å². The third kappa shape index (κ3) is 3.53. The Balaban J connectivity index is 1.62. The zero-order valence-corrected chi connectivity index (χ0v) is 13.8. The number of nitrogens with zero attached hydrogens (tertiary/aromatic N) is 2. The van der Waals surface area contributed by atoms with E-state index in [0.29, 0.717) is 11.8 Å². The second-order valence-corrected chi connectivity index (χ2v) is 6.84. The molecular formula is C17H20F3N3O2. The lowest BCUT2D eigenvalue weighted by Crippen LogP contribution is -2.31. The van der Waals surface area contributed by atoms with E-state index < -0.39 is 11.7 Å². The standard InChI is InChI=1S/C17H20F3N3O2/c1-10-6-12(8-21-10)23-9-24-16(22-23)14-7-11(17(18,19)20)2-5-15(14)25-13-3-4-13/h2,5,7,10,12-13,21H,3-4,6,8-9H2,1H3/t10-,12-/m1/s1. The van der Waals surface area contributed by atoms with Gasteiger partial charge in [0.25, 0.3) is 0 Å². The van der Waals surface area contributed by atoms with Crippen LogP contribution in [0.3, 0.4) is 0 Å². The van der Waals surface area contributed by atoms with E-state index in [1.165, 1.54) is 6.07 Å². The molecular weight excluding hydrogens is 335 g/mol. The molecule has 136 valence electrons. The molecule has 2 atom stereocenters. The maximum absolute atomic E-state index is 13.1. The minimum Gasteiger partial charge on any atom is -0.490 e. The Morgan fingerprint density at radius 2 is 2.12 bits per heavy atom. The third-order valence-corrected chi connectivity index (χ3v) is 4.66. The number of hydrogen-bond acceptors (Lipinski definition) is 5. The minimum atomic E-state index is -4.42. The predicted octanol–water partition coefficient (Wildman–Crippen LogP) is 2.95. The van der Waals surface area contributed by atoms with Crippen LogP contribution in [0.5, 0.6) is 5.75 Å². The largest absolute Gasteiger partial charge is 0.490 e. The Hall–Kier alpha value is -1.96. The summed E-state index contributed by atoms with van der Waals surface area (Å²) in [6.45, 7) is 3.12. The molecule has 1 aromatic rings. The van der Waals surface area contributed by atoms with Crippen molar-refractivity contribution >= 4 is 5.90 Å². The highest BCUT2D eigenvalue weighted by atomic mass is 19.4. The van der Waals surface area contributed by atoms with E-state index in [4.69, 9.17) is 9.47 Å². The number of ether oxygens (including phenoxy) is 2. The lowest BCUT2D eigenvalue weighted by molar-refractivity contribution is -0.137. The van der Waals surface area contributed by atoms with Crippen LogP contribution >= 0.6 is 0 Å². The zero-order valence-electron chi connectivity index (χ0n) is 13.8. The molecule has 8 heteroatoms. The normalized spacial score (nSPS) is 26.6. The molecule has 0 amide bonds. The van der Waals surface area contributed by atoms with Gasteiger partial charge in [-0.05, 0) is 44.4 Å². The van der Waals surface area contributed by atoms with Crippen molar-refractivity contribution in [1.29, 1.82) is 0 Å². The number of benzene rings is 1. The van der Waals surface area contributed by atoms with Gasteiger partial charge in [0, 0.05) is 12.6 Å². The second kappa shape index (κ2) is 6.09. The maximum atomic E-state index is 13.1. The fourth-order valence-electron chi connectivity index (χ4n) is 3.10. The predicted molar refractivity (Wildman–Crippen MR) is 85.3 cm³/mol. The van der Waals surface area contributed by atoms with E-state index in [2.05, 4.69) is 17.3 Å². The van der Waals surface area contributed by atoms with Gasteiger partial charge in [0.2, 0.25) is 5.90 Å². The van der Waals surface area contributed by atoms with Crippen LogP contribution in [0.25, 0.3) is 0 Å². The van der Waals surface area contributed by atoms with E-state index >= 15 is 0 Å². The Labute approximate surface area is 143 Å². The first-order valence-electron chi connectivity index (χ1n) is 8.50. The minimum absolute atomic E-state index is 0.0773. The monoisotopic (exact) mass is 355 g/mol. The Morgan fingerprint density at radius 3 is 2.76 bits per heavy atom. The number of hydrazone groups is 1. The highest BCUT2D eigenvalue weighted by molar-refractivity contribution is 5.97. The van der Waals surface area contributed by atoms with Gasteiger partial charge in [-0.25, -0.2) is 0 Å². The third-order valence-electron chi connectivity index (χ3n) is 4.66. The Bertz CT molecular complexity index is 688. The maximum Gasteiger partial charge on any atom is 0.416 e. The molecule has 0 radical (unpaired) electrons. The SMILES string of the molecule is C[C@@H]1C[C@@H](N2COC(c3cc(C(F)(F)F)ccc3OC3CC3)=N2)CN1. The van der Waals surface area contributed by atoms with Crippen LogP contribution in [0.15, 0.2) is 23.3 Å². The van der Waals surface area contributed by atoms with Crippen molar-refractivity contribution in [3.63, 3.8) is 0 Å². The number of hydrogen-bond donors (Lipinski definition) is 1. The van der Waals surface area contributed by atoms with Crippen LogP contribution in [0, 0.1) is 0 Å². The van der Waals surface area contributed by atoms with Crippen molar-refractivity contribution in [2.24, 2.45) is 5.10 Å². The van der Waals surface area contributed by atoms with Crippen LogP contribution in [0.2, 0.25) is 0 Å². The smallest absolute Gasteiger partial charge is 0.416 e. The highest BCUT2D eigenvalue weighted by Crippen LogP contribution is 2.36. The van der Waals surface area contributed by atoms with Gasteiger partial charge in [-0.2, -0.15) is 13.2 Å². The molecule has 1 N–H and O–H groups in total. The summed E-state index contributed by atoms with van der Waals surface area (Å²) in [5.41, 5.74) is -0.463. The molecule has 1 aliphatic carbocycles. The van der Waals surface area contributed by atoms with Crippen molar-refractivity contribution in [3.05, 3.63) is 29.3 Å². The molecule has 3 aliphatic rings. The van der Waals surface area contributed by atoms with Gasteiger partial charge < -0.3 is 14.8 Å². The summed E-state index contributed by atoms with van der Waals surface area (Å²) in [6.07, 6.45) is -1.57. The van der Waals surface area contributed by atoms with E-state index in [0.717, 1.165) is 37.9 Å². The summed E-state index contributed by atoms with van der Waals surface area (Å²) in [5, 5.41) is 9.56. The fourth-order valence-corrected chi connectivity index (χ4v) is 3.10. The van der Waals surface area contributed by atoms with Gasteiger partial charge in [-0.3, -0.25) is 5.01 Å². The van der Waals surface area contributed by atoms with Gasteiger partial charge in [0.15, 0.2) is 6.73 Å². The molecule has 1 saturated carbocycles. The molecule has 0 spiro atoms. The highest BCUT2D eigenvalue weighted by Gasteiger charge is 2.35. The lowest BCUT2D eigenvalue weighted by atomic mass is 10.1. The van der Waals surface area contributed by atoms with Crippen LogP contribution in [0.1, 0.15) is 37.3 Å². The zero-order chi connectivity index (χ0) is 17.6. The molecule has 0 bridgehead atoms. The van der Waals surface area contributed by atoms with Crippen molar-refractivity contribution < 1.29 is 22.6 Å². The van der Waals surface area contributed by atoms with Crippen molar-refractivity contribution in [1.82, 2.24) is 10.3 Å². The van der Waals surface area contributed by atoms with Crippen LogP contribution in [-0.4, -0.2) is 42.4 Å². The molecule has 5 nitrogen and oxygen atoms in total. The topological polar surface area (TPSA) is 46.1 Å². The second-order valence-electron chi connectivity index (χ2n) is 6.84. The summed E-state index contributed by atoms with van der Waals surface area (Å²) < 4.78 is 50.6. The summed E-state index contributed by atoms with van der Waals surface area (Å²) >= 11 is 0. The van der Waals surface area contributed by atoms with Crippen LogP contribution < -0.4 is 10.1 Å². The van der Waals surface area contributed by atoms with Gasteiger partial charge in [0.1, 0.15) is 5.75 Å². The van der Waals surface area contributed by atoms with Crippen LogP contribution in [-0.2, 0) is 10.9 Å². The van der Waals surface area contributed by atoms with E-state index in [-0.39, 0.29) is 30.3 Å². The molecule has 2 aliphatic heterocycles. The molecule has 0 aromatic heterocycles. The molecule has 2 heterocycles. The number of alkyl halides is 3. The number of halogens is 3. The first-order valence-corrected chi connectivity index (χ1v) is 8.50. The van der Waals surface area contributed by atoms with Gasteiger partial charge in [-0.1, -0.05) is 0 Å². The summed E-state index contributed by atoms with van der Waals surface area (Å²) in [6, 6.07) is 4.05. The average molecular weight is 355 g/mol. The Morgan fingerprint density at radius 1 is 1.32 bits per heavy atom. The molecule has 1 aromatic carbocycles. The van der Waals surface area contributed by atoms with Gasteiger partial charge in [0.05, 0.1) is 23.3 Å². The fraction of sp³-hybridized carbons (Fsp3) is 0.588. The molecule has 25 heavy (non-hydrogen) atoms. The average Bonchev–Trinajstić information content (AvgIpc) is 3.06. The summed E-state index contributed by atoms with van der Waals surface area (Å²) in [7, 11) is 0.